The van der Waals surface area contributed by atoms with Gasteiger partial charge in [-0.1, -0.05) is 39.3 Å². The Kier molecular flexibility index (Phi) is 17.0. The first kappa shape index (κ1) is 63.3. The Morgan fingerprint density at radius 1 is 0.671 bits per heavy atom. The molecular formula is C54H85O27S-. The molecule has 10 rings (SSSR count). The van der Waals surface area contributed by atoms with Crippen LogP contribution < -0.4 is 0 Å². The molecular weight excluding hydrogens is 1110 g/mol. The maximum atomic E-state index is 14.7. The summed E-state index contributed by atoms with van der Waals surface area (Å²) in [4.78, 5) is 14.7. The van der Waals surface area contributed by atoms with Gasteiger partial charge in [0, 0.05) is 7.11 Å². The monoisotopic (exact) mass is 1200 g/mol. The van der Waals surface area contributed by atoms with Gasteiger partial charge in [0.05, 0.1) is 43.7 Å². The number of esters is 1. The van der Waals surface area contributed by atoms with Crippen molar-refractivity contribution in [3.05, 3.63) is 11.6 Å². The van der Waals surface area contributed by atoms with Crippen LogP contribution in [0.4, 0.5) is 0 Å². The third-order valence-corrected chi connectivity index (χ3v) is 21.8. The predicted octanol–water partition coefficient (Wildman–Crippen LogP) is -2.61. The van der Waals surface area contributed by atoms with Crippen LogP contribution in [0.2, 0.25) is 0 Å². The second-order valence-corrected chi connectivity index (χ2v) is 27.5. The highest BCUT2D eigenvalue weighted by atomic mass is 32.3. The van der Waals surface area contributed by atoms with Crippen LogP contribution >= 0.6 is 0 Å². The van der Waals surface area contributed by atoms with Gasteiger partial charge >= 0.3 is 5.97 Å². The van der Waals surface area contributed by atoms with Gasteiger partial charge < -0.3 is 113 Å². The van der Waals surface area contributed by atoms with Crippen molar-refractivity contribution in [3.63, 3.8) is 0 Å². The Morgan fingerprint density at radius 2 is 1.27 bits per heavy atom. The number of rotatable bonds is 14. The molecule has 0 bridgehead atoms. The number of aliphatic hydroxyl groups excluding tert-OH is 10. The van der Waals surface area contributed by atoms with Crippen LogP contribution in [0.25, 0.3) is 0 Å². The molecule has 0 radical (unpaired) electrons. The SMILES string of the molecule is CO[C@@H]1[C@@H](O)[C@H](O[C@@H]2[C@@H](O)[C@H](O[C@H]3[C@H](O)[C@@H](O)[C@H](O[C@H]4[C@H](O[C@H]5CC[C@]6(C)C7=C[C@H](O)[C@]89C(=O)O[C@@](C)(C%10CCC(C)(C)O%10)[C@@]8(O)CC[C@@]9(C)[C@@H]7CC[C@H]6C5(C)C)OC[C@@H](OS(=O)(=O)[O-])[C@@H]4O)O[C@@H]3C)O[C@H](CO)[C@H]2O)O[C@H](CO)[C@H]1O. The minimum absolute atomic E-state index is 0.139. The summed E-state index contributed by atoms with van der Waals surface area (Å²) >= 11 is 0. The van der Waals surface area contributed by atoms with Crippen LogP contribution in [-0.4, -0.2) is 254 Å². The molecule has 11 N–H and O–H groups in total. The highest BCUT2D eigenvalue weighted by Gasteiger charge is 2.87. The number of cyclic esters (lactones) is 1. The lowest BCUT2D eigenvalue weighted by Gasteiger charge is -2.64. The molecule has 1 spiro atoms. The fraction of sp³-hybridized carbons (Fsp3) is 0.944. The minimum atomic E-state index is -5.44. The van der Waals surface area contributed by atoms with Crippen molar-refractivity contribution in [3.8, 4) is 0 Å². The number of fused-ring (bicyclic) bond motifs is 4. The smallest absolute Gasteiger partial charge is 0.319 e. The summed E-state index contributed by atoms with van der Waals surface area (Å²) in [6, 6.07) is 0. The summed E-state index contributed by atoms with van der Waals surface area (Å²) in [6.07, 6.45) is -29.4. The Morgan fingerprint density at radius 3 is 1.87 bits per heavy atom. The molecule has 1 unspecified atom stereocenters. The van der Waals surface area contributed by atoms with Crippen LogP contribution in [0.15, 0.2) is 11.6 Å². The first-order chi connectivity index (χ1) is 38.2. The van der Waals surface area contributed by atoms with Gasteiger partial charge in [-0.3, -0.25) is 8.98 Å². The van der Waals surface area contributed by atoms with Gasteiger partial charge in [-0.15, -0.1) is 0 Å². The van der Waals surface area contributed by atoms with Crippen LogP contribution in [-0.2, 0) is 71.5 Å². The van der Waals surface area contributed by atoms with E-state index in [0.29, 0.717) is 44.9 Å². The molecule has 28 heteroatoms. The molecule has 0 aromatic rings. The number of ether oxygens (including phenoxy) is 11. The zero-order valence-corrected chi connectivity index (χ0v) is 48.4. The number of aliphatic hydroxyl groups is 11. The summed E-state index contributed by atoms with van der Waals surface area (Å²) in [5.74, 6) is -0.989. The van der Waals surface area contributed by atoms with Crippen molar-refractivity contribution in [2.45, 2.75) is 259 Å². The third-order valence-electron chi connectivity index (χ3n) is 21.4. The fourth-order valence-corrected chi connectivity index (χ4v) is 17.4. The second-order valence-electron chi connectivity index (χ2n) is 26.5. The lowest BCUT2D eigenvalue weighted by Crippen LogP contribution is -2.69. The molecule has 0 aromatic heterocycles. The van der Waals surface area contributed by atoms with Crippen LogP contribution in [0, 0.1) is 33.5 Å². The topological polar surface area (TPSA) is 408 Å². The molecule has 3 saturated carbocycles. The molecule has 29 atom stereocenters. The van der Waals surface area contributed by atoms with Gasteiger partial charge in [0.25, 0.3) is 0 Å². The molecule has 0 amide bonds. The minimum Gasteiger partial charge on any atom is -0.726 e. The van der Waals surface area contributed by atoms with Gasteiger partial charge in [-0.25, -0.2) is 8.42 Å². The van der Waals surface area contributed by atoms with Crippen molar-refractivity contribution in [2.24, 2.45) is 33.5 Å². The molecule has 6 heterocycles. The first-order valence-electron chi connectivity index (χ1n) is 28.6. The summed E-state index contributed by atoms with van der Waals surface area (Å²) in [6.45, 7) is 13.0. The van der Waals surface area contributed by atoms with E-state index in [4.69, 9.17) is 52.1 Å². The number of methoxy groups -OCH3 is 1. The van der Waals surface area contributed by atoms with Crippen molar-refractivity contribution >= 4 is 16.4 Å². The number of allylic oxidation sites excluding steroid dienone is 1. The van der Waals surface area contributed by atoms with Crippen molar-refractivity contribution in [1.82, 2.24) is 0 Å². The van der Waals surface area contributed by atoms with E-state index in [1.165, 1.54) is 14.0 Å². The number of hydrogen-bond donors (Lipinski definition) is 11. The largest absolute Gasteiger partial charge is 0.726 e. The van der Waals surface area contributed by atoms with Crippen LogP contribution in [0.1, 0.15) is 107 Å². The van der Waals surface area contributed by atoms with E-state index in [9.17, 15) is 73.9 Å². The van der Waals surface area contributed by atoms with Crippen molar-refractivity contribution in [2.75, 3.05) is 26.9 Å². The zero-order valence-electron chi connectivity index (χ0n) is 47.6. The summed E-state index contributed by atoms with van der Waals surface area (Å²) in [5, 5.41) is 125. The Bertz CT molecular complexity index is 2490. The van der Waals surface area contributed by atoms with E-state index in [-0.39, 0.29) is 18.3 Å². The molecule has 6 saturated heterocycles. The van der Waals surface area contributed by atoms with Gasteiger partial charge in [0.2, 0.25) is 10.4 Å². The predicted molar refractivity (Wildman–Crippen MR) is 271 cm³/mol. The highest BCUT2D eigenvalue weighted by Crippen LogP contribution is 2.77. The molecule has 470 valence electrons. The van der Waals surface area contributed by atoms with Crippen molar-refractivity contribution in [1.29, 1.82) is 0 Å². The molecule has 6 aliphatic heterocycles. The summed E-state index contributed by atoms with van der Waals surface area (Å²) < 4.78 is 106. The Balaban J connectivity index is 0.852. The summed E-state index contributed by atoms with van der Waals surface area (Å²) in [5.41, 5.74) is -6.53. The lowest BCUT2D eigenvalue weighted by atomic mass is 9.40. The van der Waals surface area contributed by atoms with E-state index < -0.39 is 210 Å². The van der Waals surface area contributed by atoms with Crippen molar-refractivity contribution < 1.29 is 130 Å². The van der Waals surface area contributed by atoms with Gasteiger partial charge in [0.1, 0.15) is 103 Å². The number of hydrogen-bond acceptors (Lipinski definition) is 27. The highest BCUT2D eigenvalue weighted by molar-refractivity contribution is 7.80. The third kappa shape index (κ3) is 9.71. The molecule has 10 aliphatic rings. The van der Waals surface area contributed by atoms with Gasteiger partial charge in [-0.2, -0.15) is 0 Å². The average molecular weight is 1200 g/mol. The molecule has 0 aromatic carbocycles. The first-order valence-corrected chi connectivity index (χ1v) is 29.9. The lowest BCUT2D eigenvalue weighted by molar-refractivity contribution is -0.389. The standard InChI is InChI=1S/C54H86O27S/c1-22-39(76-45-38(64)41(33(59)26(20-56)74-45)77-44-37(63)40(70-9)32(58)25(19-55)73-44)35(61)36(62)43(72-22)78-42-34(60)27(81-82(67,68)69)21-71-46(42)75-30-13-15-50(6)24-18-29(57)54-47(65)80-52(8,31-12-14-48(2,3)79-31)53(54,66)17-16-51(54,7)23(24)10-11-28(50)49(30,4)5/h18,22-23,25-46,55-64,66H,10-17,19-21H2,1-9H3,(H,67,68,69)/p-1/t22-,23-,25-,26-,27-,28+,29+,30+,31?,32-,33-,34+,35-,36-,37-,38-,39-,40+,41+,42-,43+,44+,45+,46+,50-,51+,52+,53+,54-/m1/s1. The van der Waals surface area contributed by atoms with Gasteiger partial charge in [-0.05, 0) is 107 Å². The fourth-order valence-electron chi connectivity index (χ4n) is 17.0. The zero-order chi connectivity index (χ0) is 60.0. The number of carbonyl (C=O) groups excluding carboxylic acids is 1. The molecule has 27 nitrogen and oxygen atoms in total. The Hall–Kier alpha value is -1.76. The molecule has 82 heavy (non-hydrogen) atoms. The number of carbonyl (C=O) groups is 1. The molecule has 4 aliphatic carbocycles. The van der Waals surface area contributed by atoms with E-state index in [1.54, 1.807) is 13.0 Å². The normalized spacial score (nSPS) is 53.6. The van der Waals surface area contributed by atoms with E-state index in [1.807, 2.05) is 34.6 Å². The maximum absolute atomic E-state index is 14.7. The maximum Gasteiger partial charge on any atom is 0.319 e. The van der Waals surface area contributed by atoms with E-state index in [2.05, 4.69) is 11.1 Å². The summed E-state index contributed by atoms with van der Waals surface area (Å²) in [7, 11) is -4.27. The van der Waals surface area contributed by atoms with E-state index >= 15 is 0 Å². The average Bonchev–Trinajstić information content (AvgIpc) is 1.46. The second kappa shape index (κ2) is 22.1. The van der Waals surface area contributed by atoms with E-state index in [0.717, 1.165) is 5.57 Å². The Labute approximate surface area is 475 Å². The molecule has 9 fully saturated rings. The van der Waals surface area contributed by atoms with Crippen LogP contribution in [0.5, 0.6) is 0 Å². The van der Waals surface area contributed by atoms with Crippen LogP contribution in [0.3, 0.4) is 0 Å². The quantitative estimate of drug-likeness (QED) is 0.0279. The van der Waals surface area contributed by atoms with Gasteiger partial charge in [0.15, 0.2) is 30.8 Å².